The maximum Gasteiger partial charge on any atom is 0.306 e. The number of amides is 1. The van der Waals surface area contributed by atoms with Gasteiger partial charge in [0.1, 0.15) is 12.4 Å². The summed E-state index contributed by atoms with van der Waals surface area (Å²) in [4.78, 5) is 23.5. The lowest BCUT2D eigenvalue weighted by molar-refractivity contribution is -0.149. The number of ether oxygens (including phenoxy) is 2. The average Bonchev–Trinajstić information content (AvgIpc) is 3.21. The molecule has 2 aliphatic carbocycles. The number of fused-ring (bicyclic) bond motifs is 2. The monoisotopic (exact) mass is 331 g/mol. The van der Waals surface area contributed by atoms with E-state index in [0.717, 1.165) is 18.1 Å². The first kappa shape index (κ1) is 16.8. The van der Waals surface area contributed by atoms with Crippen molar-refractivity contribution >= 4 is 11.9 Å². The molecular formula is C19H25NO4. The van der Waals surface area contributed by atoms with Crippen molar-refractivity contribution in [3.05, 3.63) is 30.3 Å². The van der Waals surface area contributed by atoms with Gasteiger partial charge >= 0.3 is 5.97 Å². The second-order valence-electron chi connectivity index (χ2n) is 6.81. The summed E-state index contributed by atoms with van der Waals surface area (Å²) in [5, 5.41) is 2.69. The number of benzene rings is 1. The fourth-order valence-corrected chi connectivity index (χ4v) is 3.97. The number of carbonyl (C=O) groups excluding carboxylic acids is 2. The standard InChI is InChI=1S/C19H25NO4/c21-18(20-8-9-23-17-4-2-1-3-5-17)13-24-19(22)12-16-11-14-6-7-15(16)10-14/h1-5,14-16H,6-13H2,(H,20,21)/t14-,15-,16+/m1/s1. The van der Waals surface area contributed by atoms with E-state index >= 15 is 0 Å². The largest absolute Gasteiger partial charge is 0.492 e. The Labute approximate surface area is 142 Å². The molecule has 5 nitrogen and oxygen atoms in total. The molecule has 0 radical (unpaired) electrons. The summed E-state index contributed by atoms with van der Waals surface area (Å²) in [7, 11) is 0. The summed E-state index contributed by atoms with van der Waals surface area (Å²) in [5.41, 5.74) is 0. The molecule has 0 aromatic heterocycles. The van der Waals surface area contributed by atoms with Crippen LogP contribution in [-0.4, -0.2) is 31.6 Å². The van der Waals surface area contributed by atoms with Crippen LogP contribution in [0.5, 0.6) is 5.75 Å². The SMILES string of the molecule is O=C(COC(=O)C[C@@H]1C[C@@H]2CC[C@@H]1C2)NCCOc1ccccc1. The summed E-state index contributed by atoms with van der Waals surface area (Å²) in [6.07, 6.45) is 5.47. The second-order valence-corrected chi connectivity index (χ2v) is 6.81. The quantitative estimate of drug-likeness (QED) is 0.587. The van der Waals surface area contributed by atoms with Crippen LogP contribution in [0.2, 0.25) is 0 Å². The fourth-order valence-electron chi connectivity index (χ4n) is 3.97. The highest BCUT2D eigenvalue weighted by Crippen LogP contribution is 2.49. The lowest BCUT2D eigenvalue weighted by Gasteiger charge is -2.20. The molecule has 0 saturated heterocycles. The average molecular weight is 331 g/mol. The van der Waals surface area contributed by atoms with Gasteiger partial charge in [-0.05, 0) is 49.1 Å². The van der Waals surface area contributed by atoms with Crippen LogP contribution in [-0.2, 0) is 14.3 Å². The van der Waals surface area contributed by atoms with Gasteiger partial charge in [-0.15, -0.1) is 0 Å². The van der Waals surface area contributed by atoms with E-state index in [-0.39, 0.29) is 18.5 Å². The predicted molar refractivity (Wildman–Crippen MR) is 89.5 cm³/mol. The molecule has 130 valence electrons. The molecule has 3 rings (SSSR count). The zero-order valence-corrected chi connectivity index (χ0v) is 13.9. The van der Waals surface area contributed by atoms with Crippen molar-refractivity contribution in [3.63, 3.8) is 0 Å². The maximum absolute atomic E-state index is 11.9. The van der Waals surface area contributed by atoms with Crippen molar-refractivity contribution in [2.45, 2.75) is 32.1 Å². The fraction of sp³-hybridized carbons (Fsp3) is 0.579. The van der Waals surface area contributed by atoms with E-state index in [9.17, 15) is 9.59 Å². The molecular weight excluding hydrogens is 306 g/mol. The highest BCUT2D eigenvalue weighted by Gasteiger charge is 2.40. The Bertz CT molecular complexity index is 560. The summed E-state index contributed by atoms with van der Waals surface area (Å²) in [6.45, 7) is 0.567. The molecule has 2 bridgehead atoms. The van der Waals surface area contributed by atoms with E-state index in [2.05, 4.69) is 5.32 Å². The van der Waals surface area contributed by atoms with Crippen LogP contribution in [0, 0.1) is 17.8 Å². The van der Waals surface area contributed by atoms with Crippen molar-refractivity contribution < 1.29 is 19.1 Å². The van der Waals surface area contributed by atoms with Gasteiger partial charge in [0.05, 0.1) is 6.54 Å². The van der Waals surface area contributed by atoms with Gasteiger partial charge in [0, 0.05) is 6.42 Å². The van der Waals surface area contributed by atoms with Crippen LogP contribution >= 0.6 is 0 Å². The van der Waals surface area contributed by atoms with Crippen LogP contribution in [0.15, 0.2) is 30.3 Å². The lowest BCUT2D eigenvalue weighted by atomic mass is 9.86. The van der Waals surface area contributed by atoms with E-state index in [0.29, 0.717) is 31.4 Å². The third-order valence-electron chi connectivity index (χ3n) is 5.11. The third kappa shape index (κ3) is 4.73. The van der Waals surface area contributed by atoms with E-state index in [1.54, 1.807) is 0 Å². The highest BCUT2D eigenvalue weighted by molar-refractivity contribution is 5.80. The second kappa shape index (κ2) is 8.18. The number of hydrogen-bond donors (Lipinski definition) is 1. The number of rotatable bonds is 8. The number of para-hydroxylation sites is 1. The Hall–Kier alpha value is -2.04. The maximum atomic E-state index is 11.9. The summed E-state index contributed by atoms with van der Waals surface area (Å²) < 4.78 is 10.6. The van der Waals surface area contributed by atoms with Crippen LogP contribution in [0.3, 0.4) is 0 Å². The van der Waals surface area contributed by atoms with E-state index in [1.807, 2.05) is 30.3 Å². The minimum atomic E-state index is -0.284. The molecule has 24 heavy (non-hydrogen) atoms. The van der Waals surface area contributed by atoms with Gasteiger partial charge in [-0.3, -0.25) is 9.59 Å². The molecule has 0 unspecified atom stereocenters. The molecule has 1 amide bonds. The molecule has 1 aromatic carbocycles. The first-order valence-corrected chi connectivity index (χ1v) is 8.81. The zero-order chi connectivity index (χ0) is 16.8. The predicted octanol–water partition coefficient (Wildman–Crippen LogP) is 2.55. The number of nitrogens with one attached hydrogen (secondary N) is 1. The van der Waals surface area contributed by atoms with Crippen molar-refractivity contribution in [2.24, 2.45) is 17.8 Å². The van der Waals surface area contributed by atoms with E-state index < -0.39 is 0 Å². The topological polar surface area (TPSA) is 64.6 Å². The molecule has 5 heteroatoms. The minimum absolute atomic E-state index is 0.203. The van der Waals surface area contributed by atoms with Gasteiger partial charge in [-0.2, -0.15) is 0 Å². The highest BCUT2D eigenvalue weighted by atomic mass is 16.5. The molecule has 2 fully saturated rings. The Morgan fingerprint density at radius 1 is 1.12 bits per heavy atom. The number of carbonyl (C=O) groups is 2. The minimum Gasteiger partial charge on any atom is -0.492 e. The first-order chi connectivity index (χ1) is 11.7. The summed E-state index contributed by atoms with van der Waals surface area (Å²) in [5.74, 6) is 2.23. The van der Waals surface area contributed by atoms with Crippen molar-refractivity contribution in [2.75, 3.05) is 19.8 Å². The smallest absolute Gasteiger partial charge is 0.306 e. The lowest BCUT2D eigenvalue weighted by Crippen LogP contribution is -2.32. The molecule has 1 N–H and O–H groups in total. The van der Waals surface area contributed by atoms with Crippen LogP contribution < -0.4 is 10.1 Å². The normalized spacial score (nSPS) is 24.6. The summed E-state index contributed by atoms with van der Waals surface area (Å²) in [6, 6.07) is 9.42. The van der Waals surface area contributed by atoms with Gasteiger partial charge in [0.2, 0.25) is 0 Å². The van der Waals surface area contributed by atoms with Gasteiger partial charge < -0.3 is 14.8 Å². The van der Waals surface area contributed by atoms with E-state index in [4.69, 9.17) is 9.47 Å². The third-order valence-corrected chi connectivity index (χ3v) is 5.11. The van der Waals surface area contributed by atoms with Crippen molar-refractivity contribution in [3.8, 4) is 5.75 Å². The van der Waals surface area contributed by atoms with Crippen LogP contribution in [0.1, 0.15) is 32.1 Å². The molecule has 0 spiro atoms. The van der Waals surface area contributed by atoms with Gasteiger partial charge in [0.25, 0.3) is 5.91 Å². The summed E-state index contributed by atoms with van der Waals surface area (Å²) >= 11 is 0. The van der Waals surface area contributed by atoms with Gasteiger partial charge in [0.15, 0.2) is 6.61 Å². The van der Waals surface area contributed by atoms with E-state index in [1.165, 1.54) is 19.3 Å². The van der Waals surface area contributed by atoms with Gasteiger partial charge in [-0.1, -0.05) is 24.6 Å². The number of hydrogen-bond acceptors (Lipinski definition) is 4. The molecule has 1 aromatic rings. The molecule has 3 atom stereocenters. The molecule has 0 heterocycles. The van der Waals surface area contributed by atoms with Crippen LogP contribution in [0.4, 0.5) is 0 Å². The Kier molecular flexibility index (Phi) is 5.72. The van der Waals surface area contributed by atoms with Crippen molar-refractivity contribution in [1.82, 2.24) is 5.32 Å². The Balaban J connectivity index is 1.25. The Morgan fingerprint density at radius 2 is 1.96 bits per heavy atom. The van der Waals surface area contributed by atoms with Crippen molar-refractivity contribution in [1.29, 1.82) is 0 Å². The number of esters is 1. The molecule has 2 saturated carbocycles. The first-order valence-electron chi connectivity index (χ1n) is 8.81. The van der Waals surface area contributed by atoms with Gasteiger partial charge in [-0.25, -0.2) is 0 Å². The Morgan fingerprint density at radius 3 is 2.67 bits per heavy atom. The zero-order valence-electron chi connectivity index (χ0n) is 13.9. The molecule has 2 aliphatic rings. The molecule has 0 aliphatic heterocycles. The van der Waals surface area contributed by atoms with Crippen LogP contribution in [0.25, 0.3) is 0 Å².